The van der Waals surface area contributed by atoms with Crippen LogP contribution in [0.4, 0.5) is 4.79 Å². The minimum atomic E-state index is -0.492. The van der Waals surface area contributed by atoms with Gasteiger partial charge in [-0.1, -0.05) is 19.1 Å². The highest BCUT2D eigenvalue weighted by Gasteiger charge is 2.52. The van der Waals surface area contributed by atoms with Crippen LogP contribution in [-0.4, -0.2) is 41.3 Å². The summed E-state index contributed by atoms with van der Waals surface area (Å²) in [7, 11) is 0. The number of nitrogens with two attached hydrogens (primary N) is 1. The van der Waals surface area contributed by atoms with Gasteiger partial charge < -0.3 is 20.1 Å². The highest BCUT2D eigenvalue weighted by Crippen LogP contribution is 2.50. The molecule has 1 heterocycles. The molecule has 2 fully saturated rings. The highest BCUT2D eigenvalue weighted by atomic mass is 16.6. The van der Waals surface area contributed by atoms with Crippen LogP contribution in [0.1, 0.15) is 66.4 Å². The van der Waals surface area contributed by atoms with Crippen LogP contribution in [0.5, 0.6) is 5.75 Å². The number of benzene rings is 1. The third-order valence-electron chi connectivity index (χ3n) is 6.06. The maximum atomic E-state index is 12.8. The van der Waals surface area contributed by atoms with Gasteiger partial charge in [-0.05, 0) is 77.5 Å². The van der Waals surface area contributed by atoms with Crippen LogP contribution in [-0.2, 0) is 10.2 Å². The van der Waals surface area contributed by atoms with E-state index in [2.05, 4.69) is 25.1 Å². The summed E-state index contributed by atoms with van der Waals surface area (Å²) in [5, 5.41) is 0. The van der Waals surface area contributed by atoms with E-state index in [0.717, 1.165) is 25.0 Å². The molecule has 5 nitrogen and oxygen atoms in total. The Labute approximate surface area is 169 Å². The first-order valence-corrected chi connectivity index (χ1v) is 10.5. The van der Waals surface area contributed by atoms with Crippen molar-refractivity contribution in [2.75, 3.05) is 6.54 Å². The molecule has 28 heavy (non-hydrogen) atoms. The van der Waals surface area contributed by atoms with Crippen LogP contribution in [0.25, 0.3) is 0 Å². The number of nitrogens with zero attached hydrogens (tertiary/aromatic N) is 1. The molecule has 2 N–H and O–H groups in total. The van der Waals surface area contributed by atoms with Crippen molar-refractivity contribution in [3.05, 3.63) is 29.8 Å². The largest absolute Gasteiger partial charge is 0.491 e. The lowest BCUT2D eigenvalue weighted by Gasteiger charge is -2.55. The zero-order chi connectivity index (χ0) is 20.7. The van der Waals surface area contributed by atoms with Crippen LogP contribution >= 0.6 is 0 Å². The third-order valence-corrected chi connectivity index (χ3v) is 6.06. The Morgan fingerprint density at radius 2 is 2.00 bits per heavy atom. The second-order valence-corrected chi connectivity index (χ2v) is 9.94. The van der Waals surface area contributed by atoms with Gasteiger partial charge in [-0.25, -0.2) is 4.79 Å². The zero-order valence-electron chi connectivity index (χ0n) is 18.2. The van der Waals surface area contributed by atoms with Gasteiger partial charge in [0, 0.05) is 24.0 Å². The summed E-state index contributed by atoms with van der Waals surface area (Å²) in [4.78, 5) is 14.7. The maximum absolute atomic E-state index is 12.8. The van der Waals surface area contributed by atoms with E-state index in [1.165, 1.54) is 5.56 Å². The molecule has 156 valence electrons. The lowest BCUT2D eigenvalue weighted by molar-refractivity contribution is -0.0284. The van der Waals surface area contributed by atoms with Crippen molar-refractivity contribution in [2.45, 2.75) is 90.0 Å². The van der Waals surface area contributed by atoms with E-state index >= 15 is 0 Å². The van der Waals surface area contributed by atoms with E-state index < -0.39 is 5.60 Å². The Hall–Kier alpha value is -1.75. The number of amides is 1. The third kappa shape index (κ3) is 4.29. The first-order chi connectivity index (χ1) is 13.0. The van der Waals surface area contributed by atoms with Crippen molar-refractivity contribution >= 4 is 6.09 Å². The van der Waals surface area contributed by atoms with Gasteiger partial charge in [-0.2, -0.15) is 0 Å². The molecule has 4 atom stereocenters. The van der Waals surface area contributed by atoms with Crippen molar-refractivity contribution in [2.24, 2.45) is 11.7 Å². The highest BCUT2D eigenvalue weighted by molar-refractivity contribution is 5.69. The number of carbonyl (C=O) groups excluding carboxylic acids is 1. The molecule has 0 radical (unpaired) electrons. The molecule has 2 aliphatic rings. The van der Waals surface area contributed by atoms with Gasteiger partial charge in [0.05, 0.1) is 6.10 Å². The molecule has 3 rings (SSSR count). The number of rotatable bonds is 3. The minimum Gasteiger partial charge on any atom is -0.491 e. The van der Waals surface area contributed by atoms with Crippen LogP contribution < -0.4 is 10.5 Å². The molecular formula is C23H36N2O3. The summed E-state index contributed by atoms with van der Waals surface area (Å²) in [6.07, 6.45) is 2.62. The van der Waals surface area contributed by atoms with E-state index in [4.69, 9.17) is 15.2 Å². The van der Waals surface area contributed by atoms with Gasteiger partial charge in [-0.15, -0.1) is 0 Å². The molecule has 0 unspecified atom stereocenters. The van der Waals surface area contributed by atoms with Gasteiger partial charge in [0.2, 0.25) is 0 Å². The number of hydrogen-bond acceptors (Lipinski definition) is 4. The first-order valence-electron chi connectivity index (χ1n) is 10.5. The Kier molecular flexibility index (Phi) is 5.68. The van der Waals surface area contributed by atoms with E-state index in [0.29, 0.717) is 6.54 Å². The van der Waals surface area contributed by atoms with Crippen LogP contribution in [0.2, 0.25) is 0 Å². The number of ether oxygens (including phenoxy) is 2. The monoisotopic (exact) mass is 388 g/mol. The summed E-state index contributed by atoms with van der Waals surface area (Å²) in [6, 6.07) is 8.65. The number of carbonyl (C=O) groups is 1. The molecule has 1 aliphatic carbocycles. The van der Waals surface area contributed by atoms with Gasteiger partial charge in [0.1, 0.15) is 11.4 Å². The molecule has 1 saturated heterocycles. The van der Waals surface area contributed by atoms with Crippen molar-refractivity contribution in [1.29, 1.82) is 0 Å². The van der Waals surface area contributed by atoms with Crippen molar-refractivity contribution in [3.8, 4) is 5.75 Å². The Balaban J connectivity index is 1.90. The average molecular weight is 389 g/mol. The SMILES string of the molecule is CC(C)Oc1cccc([C@]23C[C@H](N)C[C@H](C2)N(C(=O)OC(C)(C)C)C[C@@H]3C)c1. The standard InChI is InChI=1S/C23H36N2O3/c1-15(2)27-20-9-7-8-17(10-20)23-12-18(24)11-19(13-23)25(14-16(23)3)21(26)28-22(4,5)6/h7-10,15-16,18-19H,11-14,24H2,1-6H3/t16-,18+,19+,23+/m0/s1. The predicted octanol–water partition coefficient (Wildman–Crippen LogP) is 4.48. The fourth-order valence-electron chi connectivity index (χ4n) is 4.96. The van der Waals surface area contributed by atoms with E-state index in [-0.39, 0.29) is 35.6 Å². The van der Waals surface area contributed by atoms with Crippen LogP contribution in [0.3, 0.4) is 0 Å². The molecule has 1 aliphatic heterocycles. The number of hydrogen-bond donors (Lipinski definition) is 1. The molecule has 5 heteroatoms. The maximum Gasteiger partial charge on any atom is 0.410 e. The molecule has 1 amide bonds. The lowest BCUT2D eigenvalue weighted by atomic mass is 9.57. The van der Waals surface area contributed by atoms with E-state index in [1.54, 1.807) is 0 Å². The molecule has 2 bridgehead atoms. The molecule has 1 saturated carbocycles. The summed E-state index contributed by atoms with van der Waals surface area (Å²) in [5.74, 6) is 1.19. The number of piperidine rings is 1. The van der Waals surface area contributed by atoms with E-state index in [1.807, 2.05) is 45.6 Å². The van der Waals surface area contributed by atoms with Crippen molar-refractivity contribution in [3.63, 3.8) is 0 Å². The van der Waals surface area contributed by atoms with Crippen molar-refractivity contribution < 1.29 is 14.3 Å². The summed E-state index contributed by atoms with van der Waals surface area (Å²) in [5.41, 5.74) is 7.27. The molecule has 0 spiro atoms. The minimum absolute atomic E-state index is 0.0306. The first kappa shape index (κ1) is 21.0. The van der Waals surface area contributed by atoms with E-state index in [9.17, 15) is 4.79 Å². The molecule has 1 aromatic rings. The topological polar surface area (TPSA) is 64.8 Å². The zero-order valence-corrected chi connectivity index (χ0v) is 18.2. The van der Waals surface area contributed by atoms with Gasteiger partial charge in [-0.3, -0.25) is 0 Å². The lowest BCUT2D eigenvalue weighted by Crippen LogP contribution is -2.62. The molecule has 1 aromatic carbocycles. The van der Waals surface area contributed by atoms with Crippen LogP contribution in [0.15, 0.2) is 24.3 Å². The fourth-order valence-corrected chi connectivity index (χ4v) is 4.96. The van der Waals surface area contributed by atoms with Crippen LogP contribution in [0, 0.1) is 5.92 Å². The molecule has 0 aromatic heterocycles. The summed E-state index contributed by atoms with van der Waals surface area (Å²) < 4.78 is 11.6. The Bertz CT molecular complexity index is 712. The van der Waals surface area contributed by atoms with Gasteiger partial charge in [0.15, 0.2) is 0 Å². The predicted molar refractivity (Wildman–Crippen MR) is 112 cm³/mol. The quantitative estimate of drug-likeness (QED) is 0.829. The summed E-state index contributed by atoms with van der Waals surface area (Å²) >= 11 is 0. The second-order valence-electron chi connectivity index (χ2n) is 9.94. The number of fused-ring (bicyclic) bond motifs is 2. The number of likely N-dealkylation sites (tertiary alicyclic amines) is 1. The average Bonchev–Trinajstić information content (AvgIpc) is 2.55. The Morgan fingerprint density at radius 1 is 1.29 bits per heavy atom. The fraction of sp³-hybridized carbons (Fsp3) is 0.696. The summed E-state index contributed by atoms with van der Waals surface area (Å²) in [6.45, 7) is 12.8. The molecular weight excluding hydrogens is 352 g/mol. The van der Waals surface area contributed by atoms with Gasteiger partial charge >= 0.3 is 6.09 Å². The normalized spacial score (nSPS) is 30.3. The smallest absolute Gasteiger partial charge is 0.410 e. The van der Waals surface area contributed by atoms with Gasteiger partial charge in [0.25, 0.3) is 0 Å². The Morgan fingerprint density at radius 3 is 2.64 bits per heavy atom. The second kappa shape index (κ2) is 7.58. The van der Waals surface area contributed by atoms with Crippen molar-refractivity contribution in [1.82, 2.24) is 4.90 Å².